The lowest BCUT2D eigenvalue weighted by Gasteiger charge is -2.25. The molecule has 2 N–H and O–H groups in total. The highest BCUT2D eigenvalue weighted by Crippen LogP contribution is 2.51. The number of nitrogens with zero attached hydrogens (tertiary/aromatic N) is 1. The maximum atomic E-state index is 11.7. The zero-order valence-corrected chi connectivity index (χ0v) is 9.69. The van der Waals surface area contributed by atoms with Crippen LogP contribution in [0.2, 0.25) is 0 Å². The van der Waals surface area contributed by atoms with Gasteiger partial charge in [-0.15, -0.1) is 0 Å². The maximum Gasteiger partial charge on any atom is 0.410 e. The van der Waals surface area contributed by atoms with Crippen molar-refractivity contribution in [2.24, 2.45) is 23.5 Å². The Bertz CT molecular complexity index is 260. The minimum absolute atomic E-state index is 0.175. The molecule has 0 aromatic heterocycles. The van der Waals surface area contributed by atoms with E-state index in [2.05, 4.69) is 0 Å². The van der Waals surface area contributed by atoms with Crippen LogP contribution in [0.1, 0.15) is 20.8 Å². The van der Waals surface area contributed by atoms with Crippen molar-refractivity contribution in [3.8, 4) is 0 Å². The monoisotopic (exact) mass is 212 g/mol. The zero-order chi connectivity index (χ0) is 11.2. The number of amides is 1. The molecule has 2 aliphatic rings. The van der Waals surface area contributed by atoms with E-state index in [1.165, 1.54) is 0 Å². The number of hydrogen-bond acceptors (Lipinski definition) is 3. The molecule has 15 heavy (non-hydrogen) atoms. The molecule has 4 heteroatoms. The van der Waals surface area contributed by atoms with E-state index in [1.54, 1.807) is 0 Å². The first-order valence-corrected chi connectivity index (χ1v) is 5.60. The van der Waals surface area contributed by atoms with Gasteiger partial charge in [-0.25, -0.2) is 4.79 Å². The topological polar surface area (TPSA) is 55.6 Å². The van der Waals surface area contributed by atoms with E-state index in [9.17, 15) is 4.79 Å². The van der Waals surface area contributed by atoms with Gasteiger partial charge in [-0.05, 0) is 45.1 Å². The van der Waals surface area contributed by atoms with Gasteiger partial charge >= 0.3 is 6.09 Å². The van der Waals surface area contributed by atoms with Crippen LogP contribution in [0.4, 0.5) is 4.79 Å². The molecule has 0 radical (unpaired) electrons. The molecule has 0 bridgehead atoms. The average molecular weight is 212 g/mol. The molecule has 86 valence electrons. The summed E-state index contributed by atoms with van der Waals surface area (Å²) in [5, 5.41) is 0. The van der Waals surface area contributed by atoms with E-state index in [-0.39, 0.29) is 6.09 Å². The molecule has 0 aromatic carbocycles. The van der Waals surface area contributed by atoms with Crippen molar-refractivity contribution >= 4 is 6.09 Å². The normalized spacial score (nSPS) is 33.9. The number of rotatable bonds is 1. The van der Waals surface area contributed by atoms with E-state index in [4.69, 9.17) is 10.5 Å². The summed E-state index contributed by atoms with van der Waals surface area (Å²) in [5.74, 6) is 1.94. The molecule has 2 rings (SSSR count). The molecule has 1 aliphatic carbocycles. The Kier molecular flexibility index (Phi) is 2.41. The Morgan fingerprint density at radius 1 is 1.40 bits per heavy atom. The lowest BCUT2D eigenvalue weighted by Crippen LogP contribution is -2.37. The van der Waals surface area contributed by atoms with Crippen LogP contribution in [-0.4, -0.2) is 36.2 Å². The van der Waals surface area contributed by atoms with Crippen LogP contribution < -0.4 is 5.73 Å². The van der Waals surface area contributed by atoms with Gasteiger partial charge in [0.05, 0.1) is 0 Å². The molecule has 4 nitrogen and oxygen atoms in total. The van der Waals surface area contributed by atoms with Crippen LogP contribution in [0.5, 0.6) is 0 Å². The first-order chi connectivity index (χ1) is 6.92. The number of nitrogens with two attached hydrogens (primary N) is 1. The Labute approximate surface area is 90.8 Å². The molecule has 2 fully saturated rings. The molecule has 0 unspecified atom stereocenters. The van der Waals surface area contributed by atoms with Crippen molar-refractivity contribution in [3.05, 3.63) is 0 Å². The minimum Gasteiger partial charge on any atom is -0.444 e. The third-order valence-electron chi connectivity index (χ3n) is 3.30. The highest BCUT2D eigenvalue weighted by Gasteiger charge is 2.56. The largest absolute Gasteiger partial charge is 0.444 e. The van der Waals surface area contributed by atoms with Gasteiger partial charge in [-0.3, -0.25) is 0 Å². The molecule has 0 spiro atoms. The summed E-state index contributed by atoms with van der Waals surface area (Å²) in [6.45, 7) is 8.11. The van der Waals surface area contributed by atoms with Crippen LogP contribution in [0.15, 0.2) is 0 Å². The van der Waals surface area contributed by atoms with E-state index < -0.39 is 5.60 Å². The second-order valence-electron chi connectivity index (χ2n) is 5.61. The van der Waals surface area contributed by atoms with E-state index in [0.717, 1.165) is 19.6 Å². The summed E-state index contributed by atoms with van der Waals surface area (Å²) < 4.78 is 5.32. The molecule has 1 aliphatic heterocycles. The molecule has 2 atom stereocenters. The Hall–Kier alpha value is -0.770. The smallest absolute Gasteiger partial charge is 0.410 e. The Morgan fingerprint density at radius 2 is 1.93 bits per heavy atom. The number of ether oxygens (including phenoxy) is 1. The fourth-order valence-electron chi connectivity index (χ4n) is 2.47. The lowest BCUT2D eigenvalue weighted by atomic mass is 10.2. The van der Waals surface area contributed by atoms with Crippen molar-refractivity contribution in [3.63, 3.8) is 0 Å². The highest BCUT2D eigenvalue weighted by molar-refractivity contribution is 5.68. The number of fused-ring (bicyclic) bond motifs is 1. The second-order valence-corrected chi connectivity index (χ2v) is 5.61. The zero-order valence-electron chi connectivity index (χ0n) is 9.69. The van der Waals surface area contributed by atoms with E-state index >= 15 is 0 Å². The molecule has 1 amide bonds. The van der Waals surface area contributed by atoms with Crippen molar-refractivity contribution in [2.45, 2.75) is 26.4 Å². The summed E-state index contributed by atoms with van der Waals surface area (Å²) in [6, 6.07) is 0. The fourth-order valence-corrected chi connectivity index (χ4v) is 2.47. The maximum absolute atomic E-state index is 11.7. The summed E-state index contributed by atoms with van der Waals surface area (Å²) in [6.07, 6.45) is -0.175. The molecule has 0 aromatic rings. The van der Waals surface area contributed by atoms with E-state index in [0.29, 0.717) is 17.8 Å². The number of piperidine rings is 1. The van der Waals surface area contributed by atoms with Gasteiger partial charge in [0.25, 0.3) is 0 Å². The van der Waals surface area contributed by atoms with Gasteiger partial charge in [-0.2, -0.15) is 0 Å². The molecular weight excluding hydrogens is 192 g/mol. The number of carbonyl (C=O) groups excluding carboxylic acids is 1. The molecule has 1 saturated heterocycles. The predicted octanol–water partition coefficient (Wildman–Crippen LogP) is 1.06. The second kappa shape index (κ2) is 3.37. The molecule has 1 heterocycles. The first kappa shape index (κ1) is 10.7. The summed E-state index contributed by atoms with van der Waals surface area (Å²) in [7, 11) is 0. The number of hydrogen-bond donors (Lipinski definition) is 1. The Morgan fingerprint density at radius 3 is 2.33 bits per heavy atom. The summed E-state index contributed by atoms with van der Waals surface area (Å²) in [4.78, 5) is 13.5. The summed E-state index contributed by atoms with van der Waals surface area (Å²) >= 11 is 0. The van der Waals surface area contributed by atoms with Crippen LogP contribution in [0.3, 0.4) is 0 Å². The van der Waals surface area contributed by atoms with Crippen molar-refractivity contribution in [2.75, 3.05) is 19.6 Å². The van der Waals surface area contributed by atoms with Gasteiger partial charge in [0, 0.05) is 13.1 Å². The quantitative estimate of drug-likeness (QED) is 0.707. The van der Waals surface area contributed by atoms with Crippen LogP contribution in [0, 0.1) is 17.8 Å². The SMILES string of the molecule is CC(C)(C)OC(=O)N1C[C@@H]2C(CN)[C@H]2C1. The van der Waals surface area contributed by atoms with Crippen molar-refractivity contribution in [1.82, 2.24) is 4.90 Å². The third kappa shape index (κ3) is 2.09. The average Bonchev–Trinajstić information content (AvgIpc) is 2.54. The van der Waals surface area contributed by atoms with Crippen LogP contribution >= 0.6 is 0 Å². The lowest BCUT2D eigenvalue weighted by molar-refractivity contribution is 0.0266. The molecular formula is C11H20N2O2. The van der Waals surface area contributed by atoms with Gasteiger partial charge < -0.3 is 15.4 Å². The number of likely N-dealkylation sites (tertiary alicyclic amines) is 1. The summed E-state index contributed by atoms with van der Waals surface area (Å²) in [5.41, 5.74) is 5.22. The van der Waals surface area contributed by atoms with Gasteiger partial charge in [0.15, 0.2) is 0 Å². The third-order valence-corrected chi connectivity index (χ3v) is 3.30. The first-order valence-electron chi connectivity index (χ1n) is 5.60. The molecule has 1 saturated carbocycles. The van der Waals surface area contributed by atoms with Gasteiger partial charge in [0.1, 0.15) is 5.60 Å². The van der Waals surface area contributed by atoms with Crippen molar-refractivity contribution < 1.29 is 9.53 Å². The van der Waals surface area contributed by atoms with Crippen LogP contribution in [-0.2, 0) is 4.74 Å². The minimum atomic E-state index is -0.392. The predicted molar refractivity (Wildman–Crippen MR) is 57.3 cm³/mol. The fraction of sp³-hybridized carbons (Fsp3) is 0.909. The van der Waals surface area contributed by atoms with E-state index in [1.807, 2.05) is 25.7 Å². The van der Waals surface area contributed by atoms with Gasteiger partial charge in [0.2, 0.25) is 0 Å². The standard InChI is InChI=1S/C11H20N2O2/c1-11(2,3)15-10(14)13-5-8-7(4-12)9(8)6-13/h7-9H,4-6,12H2,1-3H3/t8-,9-/m1/s1. The Balaban J connectivity index is 1.82. The highest BCUT2D eigenvalue weighted by atomic mass is 16.6. The van der Waals surface area contributed by atoms with Crippen molar-refractivity contribution in [1.29, 1.82) is 0 Å². The van der Waals surface area contributed by atoms with Crippen LogP contribution in [0.25, 0.3) is 0 Å². The van der Waals surface area contributed by atoms with Gasteiger partial charge in [-0.1, -0.05) is 0 Å². The number of carbonyl (C=O) groups is 1.